The van der Waals surface area contributed by atoms with E-state index in [1.807, 2.05) is 6.08 Å². The van der Waals surface area contributed by atoms with Crippen molar-refractivity contribution < 1.29 is 49.3 Å². The van der Waals surface area contributed by atoms with Gasteiger partial charge < -0.3 is 45.1 Å². The van der Waals surface area contributed by atoms with Crippen molar-refractivity contribution in [1.82, 2.24) is 5.32 Å². The van der Waals surface area contributed by atoms with Crippen LogP contribution in [0.15, 0.2) is 85.1 Å². The fourth-order valence-corrected chi connectivity index (χ4v) is 10.1. The number of unbranched alkanes of at least 4 members (excludes halogenated alkanes) is 32. The van der Waals surface area contributed by atoms with Crippen molar-refractivity contribution in [3.05, 3.63) is 85.1 Å². The second-order valence-corrected chi connectivity index (χ2v) is 23.1. The Bertz CT molecular complexity index is 1640. The van der Waals surface area contributed by atoms with E-state index in [2.05, 4.69) is 92.1 Å². The Labute approximate surface area is 502 Å². The van der Waals surface area contributed by atoms with Gasteiger partial charge in [-0.05, 0) is 109 Å². The number of aliphatic hydroxyl groups excluding tert-OH is 5. The Hall–Kier alpha value is -3.16. The van der Waals surface area contributed by atoms with Gasteiger partial charge in [0.1, 0.15) is 24.4 Å². The maximum absolute atomic E-state index is 13.0. The van der Waals surface area contributed by atoms with Crippen LogP contribution in [-0.4, -0.2) is 100 Å². The molecule has 0 spiro atoms. The summed E-state index contributed by atoms with van der Waals surface area (Å²) < 4.78 is 16.7. The van der Waals surface area contributed by atoms with E-state index in [0.717, 1.165) is 96.3 Å². The third-order valence-electron chi connectivity index (χ3n) is 15.4. The summed E-state index contributed by atoms with van der Waals surface area (Å²) in [5.74, 6) is -0.213. The van der Waals surface area contributed by atoms with Crippen molar-refractivity contribution in [3.8, 4) is 0 Å². The normalized spacial score (nSPS) is 18.7. The standard InChI is InChI=1S/C71H125NO10/c1-3-5-7-9-11-13-15-16-35-39-43-47-51-55-59-67(76)80-60-56-52-48-44-40-36-33-31-29-27-25-23-21-19-17-18-20-22-24-26-28-30-32-34-38-42-46-50-54-58-66(75)72-63(62-81-71-70(79)69(78)68(77)65(61-73)82-71)64(74)57-53-49-45-41-37-14-12-10-8-6-4-2/h8-11,15-17,19,23,25,37,41,53,57,63-65,68-71,73-74,77-79H,3-7,12-14,18,20-22,24,26-36,38-40,42-52,54-56,58-62H2,1-2H3,(H,72,75)/b10-8+,11-9-,16-15-,19-17-,25-23-,41-37+,57-53+. The highest BCUT2D eigenvalue weighted by Crippen LogP contribution is 2.23. The number of carbonyl (C=O) groups excluding carboxylic acids is 2. The van der Waals surface area contributed by atoms with E-state index in [9.17, 15) is 35.1 Å². The number of allylic oxidation sites excluding steroid dienone is 13. The molecule has 11 heteroatoms. The highest BCUT2D eigenvalue weighted by molar-refractivity contribution is 5.76. The molecule has 0 bridgehead atoms. The largest absolute Gasteiger partial charge is 0.466 e. The molecule has 6 N–H and O–H groups in total. The van der Waals surface area contributed by atoms with Gasteiger partial charge in [0.2, 0.25) is 5.91 Å². The van der Waals surface area contributed by atoms with E-state index in [4.69, 9.17) is 14.2 Å². The zero-order valence-corrected chi connectivity index (χ0v) is 52.4. The van der Waals surface area contributed by atoms with Gasteiger partial charge in [-0.1, -0.05) is 253 Å². The van der Waals surface area contributed by atoms with Crippen molar-refractivity contribution >= 4 is 11.9 Å². The van der Waals surface area contributed by atoms with Crippen LogP contribution in [0.2, 0.25) is 0 Å². The summed E-state index contributed by atoms with van der Waals surface area (Å²) in [4.78, 5) is 25.1. The summed E-state index contributed by atoms with van der Waals surface area (Å²) in [7, 11) is 0. The van der Waals surface area contributed by atoms with E-state index in [0.29, 0.717) is 19.4 Å². The maximum Gasteiger partial charge on any atom is 0.305 e. The van der Waals surface area contributed by atoms with Gasteiger partial charge in [-0.15, -0.1) is 0 Å². The first-order valence-electron chi connectivity index (χ1n) is 33.9. The molecule has 11 nitrogen and oxygen atoms in total. The molecule has 7 atom stereocenters. The lowest BCUT2D eigenvalue weighted by Gasteiger charge is -2.40. The number of carbonyl (C=O) groups is 2. The molecule has 0 aromatic rings. The highest BCUT2D eigenvalue weighted by atomic mass is 16.7. The summed E-state index contributed by atoms with van der Waals surface area (Å²) in [5, 5.41) is 54.3. The van der Waals surface area contributed by atoms with E-state index in [1.54, 1.807) is 6.08 Å². The molecule has 1 fully saturated rings. The molecule has 0 aliphatic carbocycles. The molecule has 1 rings (SSSR count). The summed E-state index contributed by atoms with van der Waals surface area (Å²) in [5.41, 5.74) is 0. The zero-order valence-electron chi connectivity index (χ0n) is 52.4. The Morgan fingerprint density at radius 2 is 0.854 bits per heavy atom. The van der Waals surface area contributed by atoms with Crippen molar-refractivity contribution in [1.29, 1.82) is 0 Å². The van der Waals surface area contributed by atoms with Gasteiger partial charge in [-0.25, -0.2) is 0 Å². The van der Waals surface area contributed by atoms with Crippen LogP contribution in [0.4, 0.5) is 0 Å². The molecule has 0 saturated carbocycles. The van der Waals surface area contributed by atoms with Crippen LogP contribution in [-0.2, 0) is 23.8 Å². The van der Waals surface area contributed by atoms with Crippen LogP contribution in [0.25, 0.3) is 0 Å². The monoisotopic (exact) mass is 1150 g/mol. The molecule has 1 aliphatic heterocycles. The van der Waals surface area contributed by atoms with E-state index in [-0.39, 0.29) is 18.5 Å². The number of aliphatic hydroxyl groups is 5. The SMILES string of the molecule is CCC/C=C/CC/C=C/CC/C=C/C(O)C(COC1OC(CO)C(O)C(O)C1O)NC(=O)CCCCCCCCCCCCCCC/C=C\C/C=C\CCCCCCCCCCCOC(=O)CCCCCCC/C=C\C/C=C\CCCC. The lowest BCUT2D eigenvalue weighted by Crippen LogP contribution is -2.60. The number of nitrogens with one attached hydrogen (secondary N) is 1. The Morgan fingerprint density at radius 1 is 0.451 bits per heavy atom. The molecule has 82 heavy (non-hydrogen) atoms. The van der Waals surface area contributed by atoms with Crippen LogP contribution < -0.4 is 5.32 Å². The fourth-order valence-electron chi connectivity index (χ4n) is 10.1. The smallest absolute Gasteiger partial charge is 0.305 e. The average molecular weight is 1150 g/mol. The minimum atomic E-state index is -1.58. The van der Waals surface area contributed by atoms with E-state index in [1.165, 1.54) is 167 Å². The highest BCUT2D eigenvalue weighted by Gasteiger charge is 2.44. The number of rotatable bonds is 58. The van der Waals surface area contributed by atoms with E-state index < -0.39 is 49.5 Å². The second kappa shape index (κ2) is 59.6. The average Bonchev–Trinajstić information content (AvgIpc) is 3.52. The quantitative estimate of drug-likeness (QED) is 0.0195. The minimum Gasteiger partial charge on any atom is -0.466 e. The van der Waals surface area contributed by atoms with Crippen LogP contribution >= 0.6 is 0 Å². The Balaban J connectivity index is 1.98. The summed E-state index contributed by atoms with van der Waals surface area (Å²) >= 11 is 0. The third-order valence-corrected chi connectivity index (χ3v) is 15.4. The first-order valence-corrected chi connectivity index (χ1v) is 33.9. The van der Waals surface area contributed by atoms with Gasteiger partial charge in [0.05, 0.1) is 32.0 Å². The first-order chi connectivity index (χ1) is 40.2. The number of hydrogen-bond acceptors (Lipinski definition) is 10. The van der Waals surface area contributed by atoms with Crippen molar-refractivity contribution in [3.63, 3.8) is 0 Å². The molecule has 0 aromatic carbocycles. The molecule has 0 aromatic heterocycles. The Kier molecular flexibility index (Phi) is 55.8. The van der Waals surface area contributed by atoms with Crippen LogP contribution in [0.3, 0.4) is 0 Å². The molecular weight excluding hydrogens is 1030 g/mol. The molecule has 7 unspecified atom stereocenters. The first kappa shape index (κ1) is 76.9. The number of esters is 1. The lowest BCUT2D eigenvalue weighted by molar-refractivity contribution is -0.302. The van der Waals surface area contributed by atoms with Crippen molar-refractivity contribution in [2.24, 2.45) is 0 Å². The topological polar surface area (TPSA) is 175 Å². The predicted octanol–water partition coefficient (Wildman–Crippen LogP) is 16.9. The molecule has 1 saturated heterocycles. The second-order valence-electron chi connectivity index (χ2n) is 23.1. The third kappa shape index (κ3) is 48.1. The molecule has 0 radical (unpaired) electrons. The number of ether oxygens (including phenoxy) is 3. The summed E-state index contributed by atoms with van der Waals surface area (Å²) in [6, 6.07) is -0.837. The van der Waals surface area contributed by atoms with Gasteiger partial charge in [0.25, 0.3) is 0 Å². The molecule has 1 aliphatic rings. The summed E-state index contributed by atoms with van der Waals surface area (Å²) in [6.07, 6.45) is 71.4. The van der Waals surface area contributed by atoms with Crippen LogP contribution in [0, 0.1) is 0 Å². The van der Waals surface area contributed by atoms with Gasteiger partial charge in [-0.2, -0.15) is 0 Å². The van der Waals surface area contributed by atoms with Crippen molar-refractivity contribution in [2.75, 3.05) is 19.8 Å². The van der Waals surface area contributed by atoms with Gasteiger partial charge >= 0.3 is 5.97 Å². The maximum atomic E-state index is 13.0. The van der Waals surface area contributed by atoms with Gasteiger partial charge in [-0.3, -0.25) is 9.59 Å². The van der Waals surface area contributed by atoms with Gasteiger partial charge in [0, 0.05) is 12.8 Å². The molecule has 1 amide bonds. The molecule has 474 valence electrons. The van der Waals surface area contributed by atoms with Crippen molar-refractivity contribution in [2.45, 2.75) is 333 Å². The summed E-state index contributed by atoms with van der Waals surface area (Å²) in [6.45, 7) is 4.20. The minimum absolute atomic E-state index is 0.0128. The number of amides is 1. The van der Waals surface area contributed by atoms with E-state index >= 15 is 0 Å². The van der Waals surface area contributed by atoms with Crippen LogP contribution in [0.5, 0.6) is 0 Å². The lowest BCUT2D eigenvalue weighted by atomic mass is 9.99. The predicted molar refractivity (Wildman–Crippen MR) is 342 cm³/mol. The molecular formula is C71H125NO10. The zero-order chi connectivity index (χ0) is 59.5. The van der Waals surface area contributed by atoms with Gasteiger partial charge in [0.15, 0.2) is 6.29 Å². The Morgan fingerprint density at radius 3 is 1.32 bits per heavy atom. The van der Waals surface area contributed by atoms with Crippen LogP contribution in [0.1, 0.15) is 290 Å². The fraction of sp³-hybridized carbons (Fsp3) is 0.775. The number of hydrogen-bond donors (Lipinski definition) is 6. The molecule has 1 heterocycles.